The molecule has 0 bridgehead atoms. The van der Waals surface area contributed by atoms with Crippen LogP contribution in [0.2, 0.25) is 0 Å². The molecule has 0 aromatic carbocycles. The van der Waals surface area contributed by atoms with E-state index in [9.17, 15) is 4.79 Å². The van der Waals surface area contributed by atoms with Gasteiger partial charge >= 0.3 is 5.97 Å². The highest BCUT2D eigenvalue weighted by Gasteiger charge is 2.36. The SMILES string of the molecule is Nc1ccc(C(=O)O)nc1N1CCC2(CCCCC2)CC1. The zero-order valence-corrected chi connectivity index (χ0v) is 12.3. The van der Waals surface area contributed by atoms with Gasteiger partial charge in [0.25, 0.3) is 0 Å². The number of hydrogen-bond acceptors (Lipinski definition) is 4. The van der Waals surface area contributed by atoms with Crippen LogP contribution in [0.3, 0.4) is 0 Å². The molecule has 1 aliphatic heterocycles. The summed E-state index contributed by atoms with van der Waals surface area (Å²) >= 11 is 0. The van der Waals surface area contributed by atoms with Crippen molar-refractivity contribution in [2.45, 2.75) is 44.9 Å². The highest BCUT2D eigenvalue weighted by Crippen LogP contribution is 2.45. The number of carbonyl (C=O) groups is 1. The standard InChI is InChI=1S/C16H23N3O2/c17-12-4-5-13(15(20)21)18-14(12)19-10-8-16(9-11-19)6-2-1-3-7-16/h4-5H,1-3,6-11,17H2,(H,20,21). The van der Waals surface area contributed by atoms with E-state index in [4.69, 9.17) is 10.8 Å². The number of pyridine rings is 1. The summed E-state index contributed by atoms with van der Waals surface area (Å²) in [6.45, 7) is 1.86. The van der Waals surface area contributed by atoms with Crippen molar-refractivity contribution in [3.05, 3.63) is 17.8 Å². The molecular weight excluding hydrogens is 266 g/mol. The molecule has 2 heterocycles. The Labute approximate surface area is 125 Å². The van der Waals surface area contributed by atoms with Crippen LogP contribution in [0.5, 0.6) is 0 Å². The molecule has 3 N–H and O–H groups in total. The predicted molar refractivity (Wildman–Crippen MR) is 82.6 cm³/mol. The fourth-order valence-corrected chi connectivity index (χ4v) is 3.83. The molecule has 0 radical (unpaired) electrons. The van der Waals surface area contributed by atoms with Crippen LogP contribution in [0.25, 0.3) is 0 Å². The second-order valence-corrected chi connectivity index (χ2v) is 6.46. The third kappa shape index (κ3) is 2.82. The maximum Gasteiger partial charge on any atom is 0.354 e. The van der Waals surface area contributed by atoms with Crippen molar-refractivity contribution in [3.63, 3.8) is 0 Å². The number of carboxylic acid groups (broad SMARTS) is 1. The molecule has 5 heteroatoms. The highest BCUT2D eigenvalue weighted by molar-refractivity contribution is 5.87. The molecule has 1 aromatic rings. The van der Waals surface area contributed by atoms with Crippen molar-refractivity contribution >= 4 is 17.5 Å². The Hall–Kier alpha value is -1.78. The van der Waals surface area contributed by atoms with Gasteiger partial charge in [0.05, 0.1) is 5.69 Å². The Balaban J connectivity index is 1.74. The molecule has 0 unspecified atom stereocenters. The van der Waals surface area contributed by atoms with Crippen molar-refractivity contribution < 1.29 is 9.90 Å². The number of piperidine rings is 1. The van der Waals surface area contributed by atoms with Gasteiger partial charge in [0, 0.05) is 13.1 Å². The normalized spacial score (nSPS) is 21.4. The first-order valence-corrected chi connectivity index (χ1v) is 7.84. The van der Waals surface area contributed by atoms with Crippen LogP contribution in [-0.4, -0.2) is 29.1 Å². The smallest absolute Gasteiger partial charge is 0.354 e. The molecule has 1 aliphatic carbocycles. The molecule has 5 nitrogen and oxygen atoms in total. The van der Waals surface area contributed by atoms with Crippen molar-refractivity contribution in [2.75, 3.05) is 23.7 Å². The first-order valence-electron chi connectivity index (χ1n) is 7.84. The van der Waals surface area contributed by atoms with Crippen molar-refractivity contribution in [2.24, 2.45) is 5.41 Å². The Morgan fingerprint density at radius 1 is 1.14 bits per heavy atom. The van der Waals surface area contributed by atoms with Gasteiger partial charge in [-0.2, -0.15) is 0 Å². The summed E-state index contributed by atoms with van der Waals surface area (Å²) in [6.07, 6.45) is 9.12. The second-order valence-electron chi connectivity index (χ2n) is 6.46. The monoisotopic (exact) mass is 289 g/mol. The summed E-state index contributed by atoms with van der Waals surface area (Å²) in [6, 6.07) is 3.12. The average molecular weight is 289 g/mol. The molecule has 0 amide bonds. The van der Waals surface area contributed by atoms with E-state index in [2.05, 4.69) is 9.88 Å². The van der Waals surface area contributed by atoms with Crippen molar-refractivity contribution in [1.82, 2.24) is 4.98 Å². The molecule has 1 spiro atoms. The Bertz CT molecular complexity index is 528. The minimum atomic E-state index is -1.00. The van der Waals surface area contributed by atoms with Gasteiger partial charge in [-0.1, -0.05) is 19.3 Å². The van der Waals surface area contributed by atoms with E-state index in [1.165, 1.54) is 51.0 Å². The number of aromatic carboxylic acids is 1. The highest BCUT2D eigenvalue weighted by atomic mass is 16.4. The Morgan fingerprint density at radius 2 is 1.81 bits per heavy atom. The van der Waals surface area contributed by atoms with E-state index >= 15 is 0 Å². The molecule has 21 heavy (non-hydrogen) atoms. The third-order valence-corrected chi connectivity index (χ3v) is 5.16. The number of carboxylic acids is 1. The quantitative estimate of drug-likeness (QED) is 0.875. The summed E-state index contributed by atoms with van der Waals surface area (Å²) in [5.41, 5.74) is 7.15. The molecular formula is C16H23N3O2. The van der Waals surface area contributed by atoms with Crippen molar-refractivity contribution in [1.29, 1.82) is 0 Å². The Morgan fingerprint density at radius 3 is 2.43 bits per heavy atom. The number of anilines is 2. The molecule has 1 aromatic heterocycles. The van der Waals surface area contributed by atoms with E-state index in [0.29, 0.717) is 16.9 Å². The van der Waals surface area contributed by atoms with E-state index in [1.54, 1.807) is 6.07 Å². The summed E-state index contributed by atoms with van der Waals surface area (Å²) in [4.78, 5) is 17.5. The van der Waals surface area contributed by atoms with E-state index in [0.717, 1.165) is 13.1 Å². The fraction of sp³-hybridized carbons (Fsp3) is 0.625. The summed E-state index contributed by atoms with van der Waals surface area (Å²) in [5, 5.41) is 9.08. The lowest BCUT2D eigenvalue weighted by Gasteiger charge is -2.44. The number of nitrogens with zero attached hydrogens (tertiary/aromatic N) is 2. The zero-order chi connectivity index (χ0) is 14.9. The average Bonchev–Trinajstić information content (AvgIpc) is 2.49. The zero-order valence-electron chi connectivity index (χ0n) is 12.3. The third-order valence-electron chi connectivity index (χ3n) is 5.16. The fourth-order valence-electron chi connectivity index (χ4n) is 3.83. The maximum atomic E-state index is 11.1. The summed E-state index contributed by atoms with van der Waals surface area (Å²) in [5.74, 6) is -0.363. The van der Waals surface area contributed by atoms with Crippen LogP contribution in [0, 0.1) is 5.41 Å². The Kier molecular flexibility index (Phi) is 3.74. The number of aromatic nitrogens is 1. The van der Waals surface area contributed by atoms with Crippen LogP contribution in [-0.2, 0) is 0 Å². The van der Waals surface area contributed by atoms with Crippen LogP contribution in [0.15, 0.2) is 12.1 Å². The van der Waals surface area contributed by atoms with Crippen LogP contribution in [0.4, 0.5) is 11.5 Å². The molecule has 114 valence electrons. The van der Waals surface area contributed by atoms with Gasteiger partial charge in [0.2, 0.25) is 0 Å². The van der Waals surface area contributed by atoms with Crippen molar-refractivity contribution in [3.8, 4) is 0 Å². The number of nitrogen functional groups attached to an aromatic ring is 1. The minimum Gasteiger partial charge on any atom is -0.477 e. The lowest BCUT2D eigenvalue weighted by atomic mass is 9.68. The topological polar surface area (TPSA) is 79.5 Å². The number of hydrogen-bond donors (Lipinski definition) is 2. The summed E-state index contributed by atoms with van der Waals surface area (Å²) < 4.78 is 0. The molecule has 1 saturated heterocycles. The molecule has 0 atom stereocenters. The maximum absolute atomic E-state index is 11.1. The number of rotatable bonds is 2. The number of nitrogens with two attached hydrogens (primary N) is 1. The van der Waals surface area contributed by atoms with E-state index in [1.807, 2.05) is 0 Å². The van der Waals surface area contributed by atoms with Crippen LogP contribution >= 0.6 is 0 Å². The molecule has 2 aliphatic rings. The van der Waals surface area contributed by atoms with Gasteiger partial charge in [-0.25, -0.2) is 9.78 Å². The largest absolute Gasteiger partial charge is 0.477 e. The van der Waals surface area contributed by atoms with E-state index in [-0.39, 0.29) is 5.69 Å². The molecule has 3 rings (SSSR count). The minimum absolute atomic E-state index is 0.0668. The summed E-state index contributed by atoms with van der Waals surface area (Å²) in [7, 11) is 0. The predicted octanol–water partition coefficient (Wildman–Crippen LogP) is 2.91. The van der Waals surface area contributed by atoms with Gasteiger partial charge < -0.3 is 15.7 Å². The lowest BCUT2D eigenvalue weighted by Crippen LogP contribution is -2.41. The van der Waals surface area contributed by atoms with Crippen LogP contribution < -0.4 is 10.6 Å². The lowest BCUT2D eigenvalue weighted by molar-refractivity contribution is 0.0690. The first kappa shape index (κ1) is 14.2. The van der Waals surface area contributed by atoms with Gasteiger partial charge in [0.15, 0.2) is 11.5 Å². The van der Waals surface area contributed by atoms with Gasteiger partial charge in [-0.05, 0) is 43.2 Å². The van der Waals surface area contributed by atoms with Gasteiger partial charge in [0.1, 0.15) is 0 Å². The van der Waals surface area contributed by atoms with E-state index < -0.39 is 5.97 Å². The first-order chi connectivity index (χ1) is 10.1. The van der Waals surface area contributed by atoms with Gasteiger partial charge in [-0.15, -0.1) is 0 Å². The second kappa shape index (κ2) is 5.54. The van der Waals surface area contributed by atoms with Crippen LogP contribution in [0.1, 0.15) is 55.4 Å². The molecule has 1 saturated carbocycles. The van der Waals surface area contributed by atoms with Gasteiger partial charge in [-0.3, -0.25) is 0 Å². The molecule has 2 fully saturated rings.